The van der Waals surface area contributed by atoms with Crippen molar-refractivity contribution in [1.29, 1.82) is 0 Å². The van der Waals surface area contributed by atoms with Crippen LogP contribution in [-0.4, -0.2) is 17.6 Å². The Labute approximate surface area is 83.1 Å². The predicted octanol–water partition coefficient (Wildman–Crippen LogP) is 1.30. The normalized spacial score (nSPS) is 8.71. The Morgan fingerprint density at radius 2 is 2.43 bits per heavy atom. The van der Waals surface area contributed by atoms with Crippen LogP contribution in [0.5, 0.6) is 0 Å². The van der Waals surface area contributed by atoms with Gasteiger partial charge in [-0.1, -0.05) is 5.92 Å². The molecule has 1 aromatic rings. The molecule has 0 spiro atoms. The number of nitrogens with zero attached hydrogens (tertiary/aromatic N) is 1. The number of aryl methyl sites for hydroxylation is 1. The van der Waals surface area contributed by atoms with Crippen molar-refractivity contribution >= 4 is 5.97 Å². The van der Waals surface area contributed by atoms with Crippen LogP contribution >= 0.6 is 0 Å². The average molecular weight is 189 g/mol. The smallest absolute Gasteiger partial charge is 0.384 e. The quantitative estimate of drug-likeness (QED) is 0.494. The van der Waals surface area contributed by atoms with E-state index >= 15 is 0 Å². The van der Waals surface area contributed by atoms with Crippen molar-refractivity contribution < 1.29 is 9.53 Å². The molecule has 1 aromatic heterocycles. The summed E-state index contributed by atoms with van der Waals surface area (Å²) in [6.45, 7) is 3.97. The summed E-state index contributed by atoms with van der Waals surface area (Å²) in [5.74, 6) is 4.60. The summed E-state index contributed by atoms with van der Waals surface area (Å²) >= 11 is 0. The maximum absolute atomic E-state index is 10.9. The van der Waals surface area contributed by atoms with E-state index in [1.165, 1.54) is 0 Å². The van der Waals surface area contributed by atoms with Gasteiger partial charge in [-0.05, 0) is 26.0 Å². The molecule has 14 heavy (non-hydrogen) atoms. The van der Waals surface area contributed by atoms with Crippen molar-refractivity contribution in [1.82, 2.24) is 4.98 Å². The Morgan fingerprint density at radius 3 is 3.07 bits per heavy atom. The fourth-order valence-electron chi connectivity index (χ4n) is 0.914. The topological polar surface area (TPSA) is 39.2 Å². The van der Waals surface area contributed by atoms with E-state index in [4.69, 9.17) is 0 Å². The largest absolute Gasteiger partial charge is 0.456 e. The zero-order valence-electron chi connectivity index (χ0n) is 8.20. The Kier molecular flexibility index (Phi) is 3.69. The van der Waals surface area contributed by atoms with E-state index in [2.05, 4.69) is 21.6 Å². The van der Waals surface area contributed by atoms with Crippen molar-refractivity contribution in [3.63, 3.8) is 0 Å². The molecule has 0 saturated carbocycles. The standard InChI is InChI=1S/C11H11NO2/c1-3-14-11(13)5-4-10-6-7-12-9(2)8-10/h6-8H,3H2,1-2H3. The number of rotatable bonds is 1. The van der Waals surface area contributed by atoms with Gasteiger partial charge in [-0.15, -0.1) is 0 Å². The minimum atomic E-state index is -0.498. The van der Waals surface area contributed by atoms with Crippen molar-refractivity contribution in [3.05, 3.63) is 29.6 Å². The third-order valence-electron chi connectivity index (χ3n) is 1.48. The predicted molar refractivity (Wildman–Crippen MR) is 52.5 cm³/mol. The molecule has 1 rings (SSSR count). The second-order valence-corrected chi connectivity index (χ2v) is 2.66. The molecule has 0 N–H and O–H groups in total. The zero-order valence-corrected chi connectivity index (χ0v) is 8.20. The van der Waals surface area contributed by atoms with Crippen LogP contribution in [0.15, 0.2) is 18.3 Å². The van der Waals surface area contributed by atoms with E-state index in [0.717, 1.165) is 11.3 Å². The fourth-order valence-corrected chi connectivity index (χ4v) is 0.914. The molecule has 0 fully saturated rings. The third-order valence-corrected chi connectivity index (χ3v) is 1.48. The lowest BCUT2D eigenvalue weighted by atomic mass is 10.2. The Hall–Kier alpha value is -1.82. The van der Waals surface area contributed by atoms with Crippen LogP contribution in [0.1, 0.15) is 18.2 Å². The van der Waals surface area contributed by atoms with Crippen molar-refractivity contribution in [2.45, 2.75) is 13.8 Å². The van der Waals surface area contributed by atoms with E-state index in [-0.39, 0.29) is 0 Å². The Morgan fingerprint density at radius 1 is 1.64 bits per heavy atom. The van der Waals surface area contributed by atoms with E-state index < -0.39 is 5.97 Å². The second-order valence-electron chi connectivity index (χ2n) is 2.66. The summed E-state index contributed by atoms with van der Waals surface area (Å²) in [5, 5.41) is 0. The highest BCUT2D eigenvalue weighted by molar-refractivity contribution is 5.89. The van der Waals surface area contributed by atoms with Gasteiger partial charge < -0.3 is 4.74 Å². The molecule has 0 aliphatic heterocycles. The van der Waals surface area contributed by atoms with Gasteiger partial charge in [0.2, 0.25) is 0 Å². The number of hydrogen-bond donors (Lipinski definition) is 0. The highest BCUT2D eigenvalue weighted by Gasteiger charge is 1.93. The van der Waals surface area contributed by atoms with E-state index in [1.807, 2.05) is 13.0 Å². The van der Waals surface area contributed by atoms with Gasteiger partial charge in [0.15, 0.2) is 0 Å². The number of pyridine rings is 1. The minimum Gasteiger partial charge on any atom is -0.456 e. The molecule has 0 unspecified atom stereocenters. The maximum atomic E-state index is 10.9. The summed E-state index contributed by atoms with van der Waals surface area (Å²) in [6.07, 6.45) is 1.66. The van der Waals surface area contributed by atoms with Gasteiger partial charge in [0.25, 0.3) is 0 Å². The molecule has 3 heteroatoms. The molecule has 0 bridgehead atoms. The number of carbonyl (C=O) groups is 1. The molecule has 0 saturated heterocycles. The van der Waals surface area contributed by atoms with Crippen LogP contribution in [0.3, 0.4) is 0 Å². The highest BCUT2D eigenvalue weighted by atomic mass is 16.5. The Bertz CT molecular complexity index is 388. The van der Waals surface area contributed by atoms with Crippen LogP contribution in [0, 0.1) is 18.8 Å². The number of carbonyl (C=O) groups excluding carboxylic acids is 1. The lowest BCUT2D eigenvalue weighted by Gasteiger charge is -1.92. The van der Waals surface area contributed by atoms with E-state index in [1.54, 1.807) is 19.2 Å². The van der Waals surface area contributed by atoms with Crippen molar-refractivity contribution in [3.8, 4) is 11.8 Å². The summed E-state index contributed by atoms with van der Waals surface area (Å²) < 4.78 is 4.67. The molecule has 0 aromatic carbocycles. The van der Waals surface area contributed by atoms with Gasteiger partial charge in [-0.3, -0.25) is 4.98 Å². The molecule has 3 nitrogen and oxygen atoms in total. The Balaban J connectivity index is 2.72. The molecule has 72 valence electrons. The second kappa shape index (κ2) is 5.03. The first kappa shape index (κ1) is 10.3. The number of esters is 1. The maximum Gasteiger partial charge on any atom is 0.384 e. The molecule has 0 aliphatic carbocycles. The van der Waals surface area contributed by atoms with Gasteiger partial charge in [0, 0.05) is 23.4 Å². The molecule has 0 amide bonds. The summed E-state index contributed by atoms with van der Waals surface area (Å²) in [7, 11) is 0. The number of hydrogen-bond acceptors (Lipinski definition) is 3. The molecule has 0 radical (unpaired) electrons. The van der Waals surface area contributed by atoms with Gasteiger partial charge in [0.05, 0.1) is 6.61 Å². The number of aromatic nitrogens is 1. The third kappa shape index (κ3) is 3.28. The summed E-state index contributed by atoms with van der Waals surface area (Å²) in [4.78, 5) is 14.9. The minimum absolute atomic E-state index is 0.350. The van der Waals surface area contributed by atoms with E-state index in [0.29, 0.717) is 6.61 Å². The summed E-state index contributed by atoms with van der Waals surface area (Å²) in [6, 6.07) is 3.56. The van der Waals surface area contributed by atoms with E-state index in [9.17, 15) is 4.79 Å². The molecule has 0 atom stereocenters. The van der Waals surface area contributed by atoms with Crippen LogP contribution in [0.2, 0.25) is 0 Å². The molecular weight excluding hydrogens is 178 g/mol. The molecule has 0 aliphatic rings. The number of ether oxygens (including phenoxy) is 1. The SMILES string of the molecule is CCOC(=O)C#Cc1ccnc(C)c1. The van der Waals surface area contributed by atoms with Gasteiger partial charge in [-0.2, -0.15) is 0 Å². The highest BCUT2D eigenvalue weighted by Crippen LogP contribution is 1.97. The summed E-state index contributed by atoms with van der Waals surface area (Å²) in [5.41, 5.74) is 1.64. The lowest BCUT2D eigenvalue weighted by Crippen LogP contribution is -1.99. The van der Waals surface area contributed by atoms with Gasteiger partial charge in [0.1, 0.15) is 0 Å². The first-order valence-electron chi connectivity index (χ1n) is 4.34. The first-order chi connectivity index (χ1) is 6.72. The van der Waals surface area contributed by atoms with Crippen LogP contribution in [0.4, 0.5) is 0 Å². The molecule has 1 heterocycles. The van der Waals surface area contributed by atoms with Crippen LogP contribution in [-0.2, 0) is 9.53 Å². The van der Waals surface area contributed by atoms with Crippen molar-refractivity contribution in [2.75, 3.05) is 6.61 Å². The molecular formula is C11H11NO2. The lowest BCUT2D eigenvalue weighted by molar-refractivity contribution is -0.136. The zero-order chi connectivity index (χ0) is 10.4. The van der Waals surface area contributed by atoms with Gasteiger partial charge >= 0.3 is 5.97 Å². The fraction of sp³-hybridized carbons (Fsp3) is 0.273. The first-order valence-corrected chi connectivity index (χ1v) is 4.34. The van der Waals surface area contributed by atoms with Crippen LogP contribution in [0.25, 0.3) is 0 Å². The van der Waals surface area contributed by atoms with Gasteiger partial charge in [-0.25, -0.2) is 4.79 Å². The average Bonchev–Trinajstić information content (AvgIpc) is 2.15. The van der Waals surface area contributed by atoms with Crippen LogP contribution < -0.4 is 0 Å². The van der Waals surface area contributed by atoms with Crippen molar-refractivity contribution in [2.24, 2.45) is 0 Å². The monoisotopic (exact) mass is 189 g/mol.